The van der Waals surface area contributed by atoms with Crippen molar-refractivity contribution in [3.05, 3.63) is 94.8 Å². The van der Waals surface area contributed by atoms with E-state index in [-0.39, 0.29) is 22.3 Å². The van der Waals surface area contributed by atoms with Crippen LogP contribution in [-0.2, 0) is 15.3 Å². The van der Waals surface area contributed by atoms with E-state index in [4.69, 9.17) is 14.2 Å². The van der Waals surface area contributed by atoms with Gasteiger partial charge in [0.2, 0.25) is 5.13 Å². The van der Waals surface area contributed by atoms with E-state index in [1.54, 1.807) is 60.7 Å². The molecule has 1 amide bonds. The van der Waals surface area contributed by atoms with Crippen LogP contribution in [0.25, 0.3) is 5.76 Å². The van der Waals surface area contributed by atoms with Crippen LogP contribution in [0.3, 0.4) is 0 Å². The van der Waals surface area contributed by atoms with Crippen LogP contribution in [0.1, 0.15) is 42.5 Å². The van der Waals surface area contributed by atoms with E-state index in [9.17, 15) is 19.1 Å². The van der Waals surface area contributed by atoms with Crippen molar-refractivity contribution in [3.8, 4) is 17.2 Å². The summed E-state index contributed by atoms with van der Waals surface area (Å²) in [4.78, 5) is 28.5. The lowest BCUT2D eigenvalue weighted by Crippen LogP contribution is -2.29. The fraction of sp³-hybridized carbons (Fsp3) is 0.250. The number of fused-ring (bicyclic) bond motifs is 1. The van der Waals surface area contributed by atoms with Gasteiger partial charge in [0.15, 0.2) is 15.8 Å². The van der Waals surface area contributed by atoms with Gasteiger partial charge >= 0.3 is 5.91 Å². The average molecular weight is 634 g/mol. The maximum atomic E-state index is 14.2. The van der Waals surface area contributed by atoms with E-state index in [0.717, 1.165) is 24.2 Å². The number of aromatic nitrogens is 2. The van der Waals surface area contributed by atoms with Gasteiger partial charge in [-0.3, -0.25) is 14.5 Å². The number of ether oxygens (including phenoxy) is 3. The van der Waals surface area contributed by atoms with Crippen LogP contribution in [0.4, 0.5) is 9.52 Å². The second kappa shape index (κ2) is 13.1. The normalized spacial score (nSPS) is 17.2. The monoisotopic (exact) mass is 633 g/mol. The number of hydrogen-bond donors (Lipinski definition) is 1. The molecule has 3 heterocycles. The van der Waals surface area contributed by atoms with Gasteiger partial charge < -0.3 is 19.3 Å². The third-order valence-electron chi connectivity index (χ3n) is 7.11. The van der Waals surface area contributed by atoms with Crippen molar-refractivity contribution in [2.75, 3.05) is 24.7 Å². The molecule has 1 aromatic heterocycles. The van der Waals surface area contributed by atoms with Crippen LogP contribution in [0.2, 0.25) is 0 Å². The Kier molecular flexibility index (Phi) is 8.80. The Labute approximate surface area is 261 Å². The summed E-state index contributed by atoms with van der Waals surface area (Å²) in [6.07, 6.45) is 1.83. The van der Waals surface area contributed by atoms with Gasteiger partial charge in [0.1, 0.15) is 30.5 Å². The standard InChI is InChI=1S/C32H28FN3O6S2/c1-2-3-13-40-22-9-6-8-19(16-22)27-26(28(37)20-11-12-24-25(17-20)42-15-14-41-24)29(38)30(39)36(27)31-34-35-32(44-31)43-18-21-7-4-5-10-23(21)33/h4-12,16-17,27,37H,2-3,13-15,18H2,1H3/b28-26+/t27-/m1/s1. The zero-order chi connectivity index (χ0) is 30.6. The summed E-state index contributed by atoms with van der Waals surface area (Å²) < 4.78 is 31.8. The Balaban J connectivity index is 1.39. The minimum Gasteiger partial charge on any atom is -0.507 e. The number of hydrogen-bond acceptors (Lipinski definition) is 10. The van der Waals surface area contributed by atoms with Gasteiger partial charge in [-0.25, -0.2) is 4.39 Å². The van der Waals surface area contributed by atoms with E-state index in [0.29, 0.717) is 63.9 Å². The lowest BCUT2D eigenvalue weighted by Gasteiger charge is -2.23. The highest BCUT2D eigenvalue weighted by Crippen LogP contribution is 2.45. The molecule has 1 N–H and O–H groups in total. The van der Waals surface area contributed by atoms with Gasteiger partial charge in [-0.1, -0.05) is 66.8 Å². The fourth-order valence-corrected chi connectivity index (χ4v) is 6.77. The smallest absolute Gasteiger partial charge is 0.301 e. The molecular formula is C32H28FN3O6S2. The first-order chi connectivity index (χ1) is 21.4. The number of thioether (sulfide) groups is 1. The molecule has 3 aromatic carbocycles. The number of aliphatic hydroxyl groups excluding tert-OH is 1. The molecule has 12 heteroatoms. The SMILES string of the molecule is CCCCOc1cccc([C@@H]2/C(=C(\O)c3ccc4c(c3)OCCO4)C(=O)C(=O)N2c2nnc(SCc3ccccc3F)s2)c1. The Morgan fingerprint density at radius 1 is 1.07 bits per heavy atom. The molecule has 2 aliphatic heterocycles. The van der Waals surface area contributed by atoms with Crippen molar-refractivity contribution >= 4 is 45.7 Å². The first-order valence-electron chi connectivity index (χ1n) is 14.1. The van der Waals surface area contributed by atoms with E-state index < -0.39 is 17.7 Å². The molecule has 9 nitrogen and oxygen atoms in total. The number of nitrogens with zero attached hydrogens (tertiary/aromatic N) is 3. The van der Waals surface area contributed by atoms with Gasteiger partial charge in [0, 0.05) is 11.3 Å². The van der Waals surface area contributed by atoms with Crippen LogP contribution < -0.4 is 19.1 Å². The number of unbranched alkanes of at least 4 members (excludes halogenated alkanes) is 1. The molecule has 0 unspecified atom stereocenters. The maximum absolute atomic E-state index is 14.2. The Morgan fingerprint density at radius 3 is 2.70 bits per heavy atom. The first-order valence-corrected chi connectivity index (χ1v) is 15.9. The topological polar surface area (TPSA) is 111 Å². The predicted molar refractivity (Wildman–Crippen MR) is 165 cm³/mol. The van der Waals surface area contributed by atoms with Crippen molar-refractivity contribution in [3.63, 3.8) is 0 Å². The molecule has 0 spiro atoms. The van der Waals surface area contributed by atoms with Crippen LogP contribution in [-0.4, -0.2) is 46.8 Å². The number of benzene rings is 3. The fourth-order valence-electron chi connectivity index (χ4n) is 4.91. The summed E-state index contributed by atoms with van der Waals surface area (Å²) in [7, 11) is 0. The lowest BCUT2D eigenvalue weighted by atomic mass is 9.95. The minimum absolute atomic E-state index is 0.104. The zero-order valence-electron chi connectivity index (χ0n) is 23.7. The third kappa shape index (κ3) is 6.00. The van der Waals surface area contributed by atoms with Crippen LogP contribution in [0.5, 0.6) is 17.2 Å². The van der Waals surface area contributed by atoms with E-state index in [2.05, 4.69) is 17.1 Å². The number of halogens is 1. The molecular weight excluding hydrogens is 605 g/mol. The van der Waals surface area contributed by atoms with Crippen LogP contribution in [0, 0.1) is 5.82 Å². The van der Waals surface area contributed by atoms with Crippen LogP contribution >= 0.6 is 23.1 Å². The first kappa shape index (κ1) is 29.6. The summed E-state index contributed by atoms with van der Waals surface area (Å²) in [6.45, 7) is 3.33. The number of rotatable bonds is 10. The third-order valence-corrected chi connectivity index (χ3v) is 9.22. The summed E-state index contributed by atoms with van der Waals surface area (Å²) in [6, 6.07) is 17.4. The number of anilines is 1. The van der Waals surface area contributed by atoms with Crippen molar-refractivity contribution in [2.24, 2.45) is 0 Å². The largest absolute Gasteiger partial charge is 0.507 e. The molecule has 1 saturated heterocycles. The highest BCUT2D eigenvalue weighted by molar-refractivity contribution is 8.00. The van der Waals surface area contributed by atoms with Crippen molar-refractivity contribution in [1.29, 1.82) is 0 Å². The van der Waals surface area contributed by atoms with E-state index >= 15 is 0 Å². The maximum Gasteiger partial charge on any atom is 0.301 e. The van der Waals surface area contributed by atoms with E-state index in [1.165, 1.54) is 22.7 Å². The van der Waals surface area contributed by atoms with Crippen LogP contribution in [0.15, 0.2) is 76.6 Å². The number of carbonyl (C=O) groups is 2. The summed E-state index contributed by atoms with van der Waals surface area (Å²) in [5.41, 5.74) is 1.25. The van der Waals surface area contributed by atoms with Gasteiger partial charge in [-0.15, -0.1) is 10.2 Å². The zero-order valence-corrected chi connectivity index (χ0v) is 25.3. The molecule has 0 bridgehead atoms. The molecule has 44 heavy (non-hydrogen) atoms. The van der Waals surface area contributed by atoms with Gasteiger partial charge in [0.25, 0.3) is 5.78 Å². The van der Waals surface area contributed by atoms with Gasteiger partial charge in [-0.05, 0) is 53.9 Å². The molecule has 4 aromatic rings. The molecule has 226 valence electrons. The average Bonchev–Trinajstić information content (AvgIpc) is 3.62. The lowest BCUT2D eigenvalue weighted by molar-refractivity contribution is -0.132. The second-order valence-electron chi connectivity index (χ2n) is 10.0. The Hall–Kier alpha value is -4.42. The number of amides is 1. The van der Waals surface area contributed by atoms with Gasteiger partial charge in [0.05, 0.1) is 18.2 Å². The van der Waals surface area contributed by atoms with Crippen molar-refractivity contribution < 1.29 is 33.3 Å². The highest BCUT2D eigenvalue weighted by Gasteiger charge is 2.48. The molecule has 6 rings (SSSR count). The highest BCUT2D eigenvalue weighted by atomic mass is 32.2. The predicted octanol–water partition coefficient (Wildman–Crippen LogP) is 6.55. The molecule has 1 atom stereocenters. The van der Waals surface area contributed by atoms with E-state index in [1.807, 2.05) is 0 Å². The summed E-state index contributed by atoms with van der Waals surface area (Å²) in [5.74, 6) is -0.568. The van der Waals surface area contributed by atoms with Gasteiger partial charge in [-0.2, -0.15) is 0 Å². The minimum atomic E-state index is -1.02. The summed E-state index contributed by atoms with van der Waals surface area (Å²) >= 11 is 2.38. The second-order valence-corrected chi connectivity index (χ2v) is 12.2. The summed E-state index contributed by atoms with van der Waals surface area (Å²) in [5, 5.41) is 20.2. The molecule has 0 saturated carbocycles. The Bertz CT molecular complexity index is 1740. The molecule has 0 radical (unpaired) electrons. The number of ketones is 1. The number of Topliss-reactive ketones (excluding diaryl/α,β-unsaturated/α-hetero) is 1. The number of aliphatic hydroxyl groups is 1. The number of carbonyl (C=O) groups excluding carboxylic acids is 2. The molecule has 1 fully saturated rings. The molecule has 0 aliphatic carbocycles. The Morgan fingerprint density at radius 2 is 1.89 bits per heavy atom. The molecule has 2 aliphatic rings. The quantitative estimate of drug-likeness (QED) is 0.0519. The van der Waals surface area contributed by atoms with Crippen molar-refractivity contribution in [2.45, 2.75) is 35.9 Å². The van der Waals surface area contributed by atoms with Crippen molar-refractivity contribution in [1.82, 2.24) is 10.2 Å².